The van der Waals surface area contributed by atoms with Crippen LogP contribution in [0.25, 0.3) is 0 Å². The van der Waals surface area contributed by atoms with Crippen LogP contribution in [0.4, 0.5) is 0 Å². The van der Waals surface area contributed by atoms with E-state index in [1.54, 1.807) is 0 Å². The molecule has 0 bridgehead atoms. The number of ether oxygens (including phenoxy) is 3. The third-order valence-corrected chi connectivity index (χ3v) is 21.1. The van der Waals surface area contributed by atoms with E-state index in [0.29, 0.717) is 56.2 Å². The zero-order valence-corrected chi connectivity index (χ0v) is 65.0. The fraction of sp³-hybridized carbons (Fsp3) is 0.739. The van der Waals surface area contributed by atoms with E-state index in [1.807, 2.05) is 88.4 Å². The van der Waals surface area contributed by atoms with Crippen molar-refractivity contribution in [1.82, 2.24) is 26.6 Å². The van der Waals surface area contributed by atoms with Gasteiger partial charge in [-0.2, -0.15) is 0 Å². The summed E-state index contributed by atoms with van der Waals surface area (Å²) in [5.41, 5.74) is 2.34. The normalized spacial score (nSPS) is 13.3. The van der Waals surface area contributed by atoms with Crippen molar-refractivity contribution in [2.24, 2.45) is 11.8 Å². The molecule has 2 heterocycles. The summed E-state index contributed by atoms with van der Waals surface area (Å²) in [6, 6.07) is 18.7. The van der Waals surface area contributed by atoms with Gasteiger partial charge in [0.1, 0.15) is 40.6 Å². The van der Waals surface area contributed by atoms with Crippen LogP contribution in [0.15, 0.2) is 60.7 Å². The summed E-state index contributed by atoms with van der Waals surface area (Å²) in [6.07, 6.45) is 60.0. The minimum absolute atomic E-state index is 0.0310. The van der Waals surface area contributed by atoms with Gasteiger partial charge in [0.15, 0.2) is 0 Å². The molecule has 0 aromatic heterocycles. The van der Waals surface area contributed by atoms with Gasteiger partial charge in [-0.3, -0.25) is 24.0 Å². The Labute approximate surface area is 615 Å². The van der Waals surface area contributed by atoms with Crippen molar-refractivity contribution < 1.29 is 38.2 Å². The fourth-order valence-electron chi connectivity index (χ4n) is 14.8. The Balaban J connectivity index is 0.886. The molecule has 13 nitrogen and oxygen atoms in total. The Morgan fingerprint density at radius 1 is 0.386 bits per heavy atom. The van der Waals surface area contributed by atoms with Gasteiger partial charge in [0.05, 0.1) is 13.2 Å². The molecular weight excluding hydrogens is 1250 g/mol. The van der Waals surface area contributed by atoms with Crippen molar-refractivity contribution in [3.8, 4) is 23.0 Å². The van der Waals surface area contributed by atoms with Crippen LogP contribution in [0.1, 0.15) is 390 Å². The number of fused-ring (bicyclic) bond motifs is 6. The fourth-order valence-corrected chi connectivity index (χ4v) is 14.8. The lowest BCUT2D eigenvalue weighted by molar-refractivity contribution is -0.130. The van der Waals surface area contributed by atoms with Crippen molar-refractivity contribution in [2.45, 2.75) is 380 Å². The number of rotatable bonds is 64. The Hall–Kier alpha value is -5.59. The van der Waals surface area contributed by atoms with Gasteiger partial charge in [-0.15, -0.1) is 0 Å². The van der Waals surface area contributed by atoms with E-state index in [-0.39, 0.29) is 41.4 Å². The summed E-state index contributed by atoms with van der Waals surface area (Å²) in [7, 11) is 0. The van der Waals surface area contributed by atoms with Crippen LogP contribution < -0.4 is 40.8 Å². The first kappa shape index (κ1) is 86.1. The van der Waals surface area contributed by atoms with Gasteiger partial charge in [0, 0.05) is 54.8 Å². The van der Waals surface area contributed by atoms with Crippen LogP contribution in [-0.4, -0.2) is 67.9 Å². The first-order chi connectivity index (χ1) is 49.4. The molecule has 0 fully saturated rings. The smallest absolute Gasteiger partial charge is 0.252 e. The van der Waals surface area contributed by atoms with Gasteiger partial charge in [0.2, 0.25) is 23.6 Å². The Kier molecular flexibility index (Phi) is 46.1. The maximum Gasteiger partial charge on any atom is 0.252 e. The highest BCUT2D eigenvalue weighted by Crippen LogP contribution is 2.54. The van der Waals surface area contributed by atoms with Gasteiger partial charge in [-0.05, 0) is 86.3 Å². The van der Waals surface area contributed by atoms with Crippen LogP contribution >= 0.6 is 0 Å². The van der Waals surface area contributed by atoms with Crippen LogP contribution in [0.5, 0.6) is 23.0 Å². The molecule has 0 radical (unpaired) electrons. The summed E-state index contributed by atoms with van der Waals surface area (Å²) in [4.78, 5) is 65.6. The van der Waals surface area contributed by atoms with Gasteiger partial charge < -0.3 is 40.8 Å². The van der Waals surface area contributed by atoms with Crippen LogP contribution in [-0.2, 0) is 24.7 Å². The molecule has 0 unspecified atom stereocenters. The molecule has 2 aliphatic heterocycles. The number of hydrogen-bond donors (Lipinski definition) is 5. The Bertz CT molecular complexity index is 2560. The molecule has 5 rings (SSSR count). The minimum atomic E-state index is -0.925. The third kappa shape index (κ3) is 34.7. The van der Waals surface area contributed by atoms with Crippen LogP contribution in [0.2, 0.25) is 0 Å². The summed E-state index contributed by atoms with van der Waals surface area (Å²) >= 11 is 0. The van der Waals surface area contributed by atoms with E-state index in [2.05, 4.69) is 40.4 Å². The zero-order valence-electron chi connectivity index (χ0n) is 65.0. The average molecular weight is 1400 g/mol. The molecule has 13 heteroatoms. The minimum Gasteiger partial charge on any atom is -0.493 e. The van der Waals surface area contributed by atoms with E-state index >= 15 is 0 Å². The standard InChI is InChI=1S/C88H145N5O8/c1-7-9-11-13-15-17-19-21-23-25-27-29-33-39-45-53-65-89-86(97)83(71(3)4)91-81(94)59-49-43-37-31-35-41-47-55-67-99-73-61-63-77-79(69-73)101-80-70-74(62-64-78(80)88(77)76-58-52-51-57-75(76)85(96)93-88)100-68-56-48-42-36-32-38-44-50-60-82(95)92-84(72(5)6)87(98)90-66-54-46-40-34-30-28-26-24-22-20-18-16-14-12-10-8-2/h51-52,57-58,61-64,69-72,83-84H,7-50,53-56,59-60,65-68H2,1-6H3,(H,89,97)(H,90,98)(H,91,94)(H,92,95)(H,93,96)/t83-,84-/m0/s1. The van der Waals surface area contributed by atoms with Crippen molar-refractivity contribution in [2.75, 3.05) is 26.3 Å². The van der Waals surface area contributed by atoms with Gasteiger partial charge >= 0.3 is 0 Å². The van der Waals surface area contributed by atoms with E-state index < -0.39 is 17.6 Å². The second-order valence-corrected chi connectivity index (χ2v) is 30.8. The van der Waals surface area contributed by atoms with Crippen LogP contribution in [0, 0.1) is 11.8 Å². The second-order valence-electron chi connectivity index (χ2n) is 30.8. The molecule has 5 N–H and O–H groups in total. The Morgan fingerprint density at radius 3 is 1.03 bits per heavy atom. The van der Waals surface area contributed by atoms with Crippen molar-refractivity contribution in [3.05, 3.63) is 82.9 Å². The summed E-state index contributed by atoms with van der Waals surface area (Å²) < 4.78 is 19.4. The Morgan fingerprint density at radius 2 is 0.693 bits per heavy atom. The average Bonchev–Trinajstić information content (AvgIpc) is 1.61. The maximum atomic E-state index is 13.6. The molecular formula is C88H145N5O8. The highest BCUT2D eigenvalue weighted by atomic mass is 16.5. The second kappa shape index (κ2) is 54.1. The number of amides is 5. The molecule has 0 aliphatic carbocycles. The van der Waals surface area contributed by atoms with Crippen LogP contribution in [0.3, 0.4) is 0 Å². The monoisotopic (exact) mass is 1400 g/mol. The highest BCUT2D eigenvalue weighted by molar-refractivity contribution is 6.02. The van der Waals surface area contributed by atoms with Crippen molar-refractivity contribution in [1.29, 1.82) is 0 Å². The van der Waals surface area contributed by atoms with E-state index in [0.717, 1.165) is 157 Å². The molecule has 570 valence electrons. The lowest BCUT2D eigenvalue weighted by Crippen LogP contribution is -2.49. The van der Waals surface area contributed by atoms with Gasteiger partial charge in [-0.1, -0.05) is 329 Å². The van der Waals surface area contributed by atoms with Gasteiger partial charge in [-0.25, -0.2) is 0 Å². The number of carbonyl (C=O) groups excluding carboxylic acids is 5. The molecule has 3 aromatic carbocycles. The number of benzene rings is 3. The SMILES string of the molecule is CCCCCCCCCCCCCCCCCCNC(=O)[C@@H](NC(=O)CCCCCCCCCCOc1ccc2c(c1)Oc1cc(OCCCCCCCCCCC(=O)N[C@H](C(=O)NCCCCCCCCCCCCCCCCCC)C(C)C)ccc1C21NC(=O)c2ccccc21)C(C)C. The largest absolute Gasteiger partial charge is 0.493 e. The molecule has 1 spiro atoms. The molecule has 2 aliphatic rings. The predicted molar refractivity (Wildman–Crippen MR) is 419 cm³/mol. The summed E-state index contributed by atoms with van der Waals surface area (Å²) in [5, 5.41) is 15.6. The molecule has 0 saturated heterocycles. The van der Waals surface area contributed by atoms with E-state index in [1.165, 1.54) is 180 Å². The topological polar surface area (TPSA) is 173 Å². The highest BCUT2D eigenvalue weighted by Gasteiger charge is 2.51. The summed E-state index contributed by atoms with van der Waals surface area (Å²) in [5.74, 6) is 2.47. The number of carbonyl (C=O) groups is 5. The number of nitrogens with one attached hydrogen (secondary N) is 5. The van der Waals surface area contributed by atoms with Gasteiger partial charge in [0.25, 0.3) is 5.91 Å². The quantitative estimate of drug-likeness (QED) is 0.0347. The van der Waals surface area contributed by atoms with Crippen molar-refractivity contribution in [3.63, 3.8) is 0 Å². The molecule has 2 atom stereocenters. The molecule has 5 amide bonds. The third-order valence-electron chi connectivity index (χ3n) is 21.1. The molecule has 3 aromatic rings. The number of unbranched alkanes of at least 4 members (excludes halogenated alkanes) is 44. The molecule has 101 heavy (non-hydrogen) atoms. The van der Waals surface area contributed by atoms with E-state index in [4.69, 9.17) is 14.2 Å². The lowest BCUT2D eigenvalue weighted by atomic mass is 9.76. The molecule has 0 saturated carbocycles. The summed E-state index contributed by atoms with van der Waals surface area (Å²) in [6.45, 7) is 15.1. The predicted octanol–water partition coefficient (Wildman–Crippen LogP) is 22.6. The first-order valence-corrected chi connectivity index (χ1v) is 42.2. The van der Waals surface area contributed by atoms with E-state index in [9.17, 15) is 24.0 Å². The first-order valence-electron chi connectivity index (χ1n) is 42.2. The number of hydrogen-bond acceptors (Lipinski definition) is 8. The lowest BCUT2D eigenvalue weighted by Gasteiger charge is -2.38. The zero-order chi connectivity index (χ0) is 72.2. The van der Waals surface area contributed by atoms with Crippen molar-refractivity contribution >= 4 is 29.5 Å². The maximum absolute atomic E-state index is 13.6.